The average molecular weight is 303 g/mol. The maximum Gasteiger partial charge on any atom is 0.283 e. The van der Waals surface area contributed by atoms with Gasteiger partial charge >= 0.3 is 0 Å². The third-order valence-electron chi connectivity index (χ3n) is 3.95. The van der Waals surface area contributed by atoms with Crippen LogP contribution in [-0.4, -0.2) is 34.1 Å². The summed E-state index contributed by atoms with van der Waals surface area (Å²) in [4.78, 5) is 14.0. The van der Waals surface area contributed by atoms with Crippen LogP contribution >= 0.6 is 0 Å². The molecule has 0 saturated carbocycles. The van der Waals surface area contributed by atoms with Crippen molar-refractivity contribution in [3.8, 4) is 11.7 Å². The van der Waals surface area contributed by atoms with Gasteiger partial charge in [0, 0.05) is 25.4 Å². The Balaban J connectivity index is 1.59. The van der Waals surface area contributed by atoms with Crippen LogP contribution < -0.4 is 0 Å². The summed E-state index contributed by atoms with van der Waals surface area (Å²) in [5.41, 5.74) is 0. The van der Waals surface area contributed by atoms with Crippen molar-refractivity contribution in [1.82, 2.24) is 15.1 Å². The summed E-state index contributed by atoms with van der Waals surface area (Å²) in [7, 11) is 0. The molecule has 0 atom stereocenters. The van der Waals surface area contributed by atoms with Gasteiger partial charge < -0.3 is 13.7 Å². The fraction of sp³-hybridized carbons (Fsp3) is 0.562. The van der Waals surface area contributed by atoms with Gasteiger partial charge in [0.1, 0.15) is 0 Å². The van der Waals surface area contributed by atoms with Crippen LogP contribution in [0.4, 0.5) is 0 Å². The highest BCUT2D eigenvalue weighted by Gasteiger charge is 2.27. The van der Waals surface area contributed by atoms with Gasteiger partial charge in [-0.3, -0.25) is 4.79 Å². The van der Waals surface area contributed by atoms with Crippen LogP contribution in [-0.2, 0) is 4.79 Å². The van der Waals surface area contributed by atoms with Gasteiger partial charge in [-0.25, -0.2) is 0 Å². The molecule has 2 aromatic heterocycles. The van der Waals surface area contributed by atoms with Gasteiger partial charge in [0.15, 0.2) is 5.76 Å². The van der Waals surface area contributed by atoms with Crippen LogP contribution in [0.5, 0.6) is 0 Å². The highest BCUT2D eigenvalue weighted by Crippen LogP contribution is 2.29. The van der Waals surface area contributed by atoms with E-state index >= 15 is 0 Å². The quantitative estimate of drug-likeness (QED) is 0.868. The molecule has 0 aliphatic carbocycles. The fourth-order valence-corrected chi connectivity index (χ4v) is 2.75. The van der Waals surface area contributed by atoms with E-state index in [2.05, 4.69) is 24.0 Å². The van der Waals surface area contributed by atoms with E-state index in [4.69, 9.17) is 8.83 Å². The molecule has 0 N–H and O–H groups in total. The first-order chi connectivity index (χ1) is 10.6. The minimum Gasteiger partial charge on any atom is -0.459 e. The van der Waals surface area contributed by atoms with E-state index in [-0.39, 0.29) is 11.8 Å². The molecule has 0 aromatic carbocycles. The number of nitrogens with zero attached hydrogens (tertiary/aromatic N) is 3. The Kier molecular flexibility index (Phi) is 4.27. The number of furan rings is 1. The summed E-state index contributed by atoms with van der Waals surface area (Å²) in [6.07, 6.45) is 3.93. The minimum absolute atomic E-state index is 0.222. The third-order valence-corrected chi connectivity index (χ3v) is 3.95. The van der Waals surface area contributed by atoms with E-state index in [0.29, 0.717) is 29.9 Å². The molecule has 118 valence electrons. The van der Waals surface area contributed by atoms with Crippen molar-refractivity contribution in [2.75, 3.05) is 13.1 Å². The Morgan fingerprint density at radius 3 is 2.77 bits per heavy atom. The van der Waals surface area contributed by atoms with Crippen molar-refractivity contribution in [2.24, 2.45) is 5.92 Å². The van der Waals surface area contributed by atoms with Crippen LogP contribution in [0.3, 0.4) is 0 Å². The fourth-order valence-electron chi connectivity index (χ4n) is 2.75. The molecule has 0 spiro atoms. The zero-order valence-corrected chi connectivity index (χ0v) is 13.0. The molecule has 1 fully saturated rings. The molecule has 22 heavy (non-hydrogen) atoms. The molecule has 1 saturated heterocycles. The highest BCUT2D eigenvalue weighted by atomic mass is 16.4. The lowest BCUT2D eigenvalue weighted by atomic mass is 9.96. The monoisotopic (exact) mass is 303 g/mol. The van der Waals surface area contributed by atoms with Crippen molar-refractivity contribution in [3.63, 3.8) is 0 Å². The largest absolute Gasteiger partial charge is 0.459 e. The van der Waals surface area contributed by atoms with Crippen LogP contribution in [0, 0.1) is 5.92 Å². The van der Waals surface area contributed by atoms with E-state index in [1.165, 1.54) is 0 Å². The van der Waals surface area contributed by atoms with Gasteiger partial charge in [-0.1, -0.05) is 13.8 Å². The van der Waals surface area contributed by atoms with Crippen LogP contribution in [0.25, 0.3) is 11.7 Å². The molecule has 1 aliphatic heterocycles. The summed E-state index contributed by atoms with van der Waals surface area (Å²) in [6.45, 7) is 5.65. The van der Waals surface area contributed by atoms with Crippen molar-refractivity contribution in [2.45, 2.75) is 39.0 Å². The van der Waals surface area contributed by atoms with E-state index in [1.54, 1.807) is 18.4 Å². The van der Waals surface area contributed by atoms with Gasteiger partial charge in [0.25, 0.3) is 5.89 Å². The Morgan fingerprint density at radius 2 is 2.14 bits per heavy atom. The smallest absolute Gasteiger partial charge is 0.283 e. The molecule has 3 heterocycles. The Labute approximate surface area is 129 Å². The number of carbonyl (C=O) groups is 1. The molecule has 2 aromatic rings. The summed E-state index contributed by atoms with van der Waals surface area (Å²) in [5.74, 6) is 2.51. The maximum atomic E-state index is 12.1. The zero-order chi connectivity index (χ0) is 15.5. The standard InChI is InChI=1S/C16H21N3O3/c1-11(2)10-14(20)19-7-5-12(6-8-19)15-17-18-16(22-15)13-4-3-9-21-13/h3-4,9,11-12H,5-8,10H2,1-2H3. The highest BCUT2D eigenvalue weighted by molar-refractivity contribution is 5.76. The van der Waals surface area contributed by atoms with E-state index < -0.39 is 0 Å². The molecule has 1 amide bonds. The molecular weight excluding hydrogens is 282 g/mol. The first kappa shape index (κ1) is 14.8. The van der Waals surface area contributed by atoms with Crippen molar-refractivity contribution in [3.05, 3.63) is 24.3 Å². The number of hydrogen-bond acceptors (Lipinski definition) is 5. The van der Waals surface area contributed by atoms with Crippen molar-refractivity contribution < 1.29 is 13.6 Å². The number of aromatic nitrogens is 2. The first-order valence-electron chi connectivity index (χ1n) is 7.78. The Morgan fingerprint density at radius 1 is 1.36 bits per heavy atom. The number of amides is 1. The maximum absolute atomic E-state index is 12.1. The van der Waals surface area contributed by atoms with E-state index in [1.807, 2.05) is 4.90 Å². The average Bonchev–Trinajstić information content (AvgIpc) is 3.18. The summed E-state index contributed by atoms with van der Waals surface area (Å²) < 4.78 is 11.0. The summed E-state index contributed by atoms with van der Waals surface area (Å²) in [6, 6.07) is 3.59. The lowest BCUT2D eigenvalue weighted by molar-refractivity contribution is -0.133. The normalized spacial score (nSPS) is 16.4. The number of piperidine rings is 1. The summed E-state index contributed by atoms with van der Waals surface area (Å²) in [5, 5.41) is 8.17. The predicted octanol–water partition coefficient (Wildman–Crippen LogP) is 3.08. The predicted molar refractivity (Wildman–Crippen MR) is 80.0 cm³/mol. The van der Waals surface area contributed by atoms with Gasteiger partial charge in [0.05, 0.1) is 6.26 Å². The molecule has 1 aliphatic rings. The zero-order valence-electron chi connectivity index (χ0n) is 13.0. The second-order valence-electron chi connectivity index (χ2n) is 6.18. The lowest BCUT2D eigenvalue weighted by Gasteiger charge is -2.31. The molecule has 3 rings (SSSR count). The van der Waals surface area contributed by atoms with Gasteiger partial charge in [-0.15, -0.1) is 10.2 Å². The van der Waals surface area contributed by atoms with Crippen LogP contribution in [0.2, 0.25) is 0 Å². The van der Waals surface area contributed by atoms with Crippen LogP contribution in [0.1, 0.15) is 44.9 Å². The first-order valence-corrected chi connectivity index (χ1v) is 7.78. The molecular formula is C16H21N3O3. The van der Waals surface area contributed by atoms with Gasteiger partial charge in [-0.2, -0.15) is 0 Å². The summed E-state index contributed by atoms with van der Waals surface area (Å²) >= 11 is 0. The molecule has 0 bridgehead atoms. The lowest BCUT2D eigenvalue weighted by Crippen LogP contribution is -2.38. The van der Waals surface area contributed by atoms with Gasteiger partial charge in [-0.05, 0) is 30.9 Å². The second-order valence-corrected chi connectivity index (χ2v) is 6.18. The number of likely N-dealkylation sites (tertiary alicyclic amines) is 1. The second kappa shape index (κ2) is 6.34. The molecule has 6 nitrogen and oxygen atoms in total. The third kappa shape index (κ3) is 3.21. The van der Waals surface area contributed by atoms with Gasteiger partial charge in [0.2, 0.25) is 11.8 Å². The minimum atomic E-state index is 0.222. The van der Waals surface area contributed by atoms with Crippen LogP contribution in [0.15, 0.2) is 27.2 Å². The van der Waals surface area contributed by atoms with E-state index in [9.17, 15) is 4.79 Å². The van der Waals surface area contributed by atoms with Crippen molar-refractivity contribution in [1.29, 1.82) is 0 Å². The number of hydrogen-bond donors (Lipinski definition) is 0. The molecule has 0 radical (unpaired) electrons. The van der Waals surface area contributed by atoms with Crippen molar-refractivity contribution >= 4 is 5.91 Å². The Hall–Kier alpha value is -2.11. The molecule has 0 unspecified atom stereocenters. The van der Waals surface area contributed by atoms with E-state index in [0.717, 1.165) is 25.9 Å². The SMILES string of the molecule is CC(C)CC(=O)N1CCC(c2nnc(-c3ccco3)o2)CC1. The Bertz CT molecular complexity index is 610. The molecule has 6 heteroatoms. The number of carbonyl (C=O) groups excluding carboxylic acids is 1. The number of rotatable bonds is 4. The topological polar surface area (TPSA) is 72.4 Å².